The van der Waals surface area contributed by atoms with E-state index in [1.165, 1.54) is 6.07 Å². The first kappa shape index (κ1) is 11.9. The van der Waals surface area contributed by atoms with Crippen molar-refractivity contribution < 1.29 is 9.13 Å². The van der Waals surface area contributed by atoms with Crippen molar-refractivity contribution in [2.45, 2.75) is 4.90 Å². The molecule has 2 nitrogen and oxygen atoms in total. The molecule has 0 radical (unpaired) electrons. The first-order chi connectivity index (χ1) is 8.26. The lowest BCUT2D eigenvalue weighted by Crippen LogP contribution is -1.91. The number of halogens is 1. The van der Waals surface area contributed by atoms with Gasteiger partial charge in [-0.25, -0.2) is 4.39 Å². The molecule has 2 rings (SSSR count). The van der Waals surface area contributed by atoms with E-state index in [0.29, 0.717) is 5.69 Å². The molecule has 1 aromatic carbocycles. The van der Waals surface area contributed by atoms with Gasteiger partial charge in [0.15, 0.2) is 0 Å². The maximum Gasteiger partial charge on any atom is 0.149 e. The van der Waals surface area contributed by atoms with Gasteiger partial charge in [0.2, 0.25) is 0 Å². The van der Waals surface area contributed by atoms with E-state index in [1.807, 2.05) is 18.4 Å². The molecule has 0 aliphatic heterocycles. The Morgan fingerprint density at radius 2 is 2.12 bits per heavy atom. The first-order valence-electron chi connectivity index (χ1n) is 5.09. The lowest BCUT2D eigenvalue weighted by atomic mass is 10.1. The van der Waals surface area contributed by atoms with Crippen LogP contribution in [0.25, 0.3) is 11.3 Å². The van der Waals surface area contributed by atoms with E-state index >= 15 is 0 Å². The minimum atomic E-state index is -0.327. The molecule has 0 unspecified atom stereocenters. The highest BCUT2D eigenvalue weighted by atomic mass is 32.2. The van der Waals surface area contributed by atoms with Crippen LogP contribution in [0.3, 0.4) is 0 Å². The van der Waals surface area contributed by atoms with Crippen LogP contribution in [-0.4, -0.2) is 18.3 Å². The standard InChI is InChI=1S/C13H12FNOS/c1-16-11-8-9(5-6-12(11)17-2)13-10(14)4-3-7-15-13/h3-8H,1-2H3. The molecular formula is C13H12FNOS. The van der Waals surface area contributed by atoms with Gasteiger partial charge in [0.1, 0.15) is 17.3 Å². The van der Waals surface area contributed by atoms with E-state index in [2.05, 4.69) is 4.98 Å². The second kappa shape index (κ2) is 5.19. The quantitative estimate of drug-likeness (QED) is 0.776. The summed E-state index contributed by atoms with van der Waals surface area (Å²) in [5.41, 5.74) is 1.07. The highest BCUT2D eigenvalue weighted by molar-refractivity contribution is 7.98. The summed E-state index contributed by atoms with van der Waals surface area (Å²) in [6.07, 6.45) is 3.55. The Kier molecular flexibility index (Phi) is 3.64. The summed E-state index contributed by atoms with van der Waals surface area (Å²) in [6, 6.07) is 8.54. The summed E-state index contributed by atoms with van der Waals surface area (Å²) in [7, 11) is 1.60. The summed E-state index contributed by atoms with van der Waals surface area (Å²) >= 11 is 1.59. The van der Waals surface area contributed by atoms with Gasteiger partial charge >= 0.3 is 0 Å². The molecule has 0 amide bonds. The van der Waals surface area contributed by atoms with Crippen LogP contribution in [0.5, 0.6) is 5.75 Å². The number of methoxy groups -OCH3 is 1. The minimum Gasteiger partial charge on any atom is -0.496 e. The van der Waals surface area contributed by atoms with Crippen LogP contribution >= 0.6 is 11.8 Å². The van der Waals surface area contributed by atoms with Crippen molar-refractivity contribution >= 4 is 11.8 Å². The Hall–Kier alpha value is -1.55. The number of pyridine rings is 1. The van der Waals surface area contributed by atoms with Gasteiger partial charge in [-0.3, -0.25) is 4.98 Å². The smallest absolute Gasteiger partial charge is 0.149 e. The molecule has 0 spiro atoms. The van der Waals surface area contributed by atoms with E-state index in [0.717, 1.165) is 16.2 Å². The van der Waals surface area contributed by atoms with Gasteiger partial charge in [0, 0.05) is 16.7 Å². The average molecular weight is 249 g/mol. The molecule has 0 saturated carbocycles. The van der Waals surface area contributed by atoms with Crippen molar-refractivity contribution in [1.29, 1.82) is 0 Å². The van der Waals surface area contributed by atoms with Gasteiger partial charge in [-0.05, 0) is 30.5 Å². The average Bonchev–Trinajstić information content (AvgIpc) is 2.38. The molecule has 0 aliphatic rings. The van der Waals surface area contributed by atoms with Crippen LogP contribution < -0.4 is 4.74 Å². The molecule has 88 valence electrons. The molecule has 0 aliphatic carbocycles. The van der Waals surface area contributed by atoms with E-state index in [1.54, 1.807) is 37.2 Å². The molecule has 0 N–H and O–H groups in total. The number of ether oxygens (including phenoxy) is 1. The largest absolute Gasteiger partial charge is 0.496 e. The highest BCUT2D eigenvalue weighted by Gasteiger charge is 2.09. The van der Waals surface area contributed by atoms with Gasteiger partial charge in [-0.2, -0.15) is 0 Å². The van der Waals surface area contributed by atoms with Crippen LogP contribution in [0.15, 0.2) is 41.4 Å². The number of hydrogen-bond acceptors (Lipinski definition) is 3. The monoisotopic (exact) mass is 249 g/mol. The predicted molar refractivity (Wildman–Crippen MR) is 68.0 cm³/mol. The first-order valence-corrected chi connectivity index (χ1v) is 6.31. The normalized spacial score (nSPS) is 10.3. The minimum absolute atomic E-state index is 0.327. The van der Waals surface area contributed by atoms with Crippen molar-refractivity contribution in [3.63, 3.8) is 0 Å². The fourth-order valence-electron chi connectivity index (χ4n) is 1.58. The number of hydrogen-bond donors (Lipinski definition) is 0. The molecule has 0 bridgehead atoms. The number of aromatic nitrogens is 1. The van der Waals surface area contributed by atoms with Gasteiger partial charge in [-0.1, -0.05) is 6.07 Å². The zero-order chi connectivity index (χ0) is 12.3. The van der Waals surface area contributed by atoms with Crippen molar-refractivity contribution in [3.05, 3.63) is 42.3 Å². The summed E-state index contributed by atoms with van der Waals surface area (Å²) in [6.45, 7) is 0. The Labute approximate surface area is 104 Å². The second-order valence-electron chi connectivity index (χ2n) is 3.40. The SMILES string of the molecule is COc1cc(-c2ncccc2F)ccc1SC. The van der Waals surface area contributed by atoms with Crippen LogP contribution in [0.1, 0.15) is 0 Å². The summed E-state index contributed by atoms with van der Waals surface area (Å²) in [5, 5.41) is 0. The fraction of sp³-hybridized carbons (Fsp3) is 0.154. The molecule has 0 saturated heterocycles. The number of benzene rings is 1. The van der Waals surface area contributed by atoms with Crippen molar-refractivity contribution in [2.75, 3.05) is 13.4 Å². The maximum absolute atomic E-state index is 13.6. The summed E-state index contributed by atoms with van der Waals surface area (Å²) in [4.78, 5) is 5.06. The zero-order valence-corrected chi connectivity index (χ0v) is 10.4. The van der Waals surface area contributed by atoms with E-state index in [9.17, 15) is 4.39 Å². The van der Waals surface area contributed by atoms with Gasteiger partial charge < -0.3 is 4.74 Å². The van der Waals surface area contributed by atoms with Gasteiger partial charge in [0.25, 0.3) is 0 Å². The zero-order valence-electron chi connectivity index (χ0n) is 9.61. The Balaban J connectivity index is 2.50. The fourth-order valence-corrected chi connectivity index (χ4v) is 2.13. The summed E-state index contributed by atoms with van der Waals surface area (Å²) < 4.78 is 18.9. The van der Waals surface area contributed by atoms with Crippen LogP contribution in [0, 0.1) is 5.82 Å². The molecule has 0 atom stereocenters. The van der Waals surface area contributed by atoms with Gasteiger partial charge in [0.05, 0.1) is 7.11 Å². The topological polar surface area (TPSA) is 22.1 Å². The third-order valence-electron chi connectivity index (χ3n) is 2.42. The molecule has 1 aromatic heterocycles. The molecule has 0 fully saturated rings. The second-order valence-corrected chi connectivity index (χ2v) is 4.25. The van der Waals surface area contributed by atoms with E-state index < -0.39 is 0 Å². The maximum atomic E-state index is 13.6. The van der Waals surface area contributed by atoms with Crippen molar-refractivity contribution in [3.8, 4) is 17.0 Å². The summed E-state index contributed by atoms with van der Waals surface area (Å²) in [5.74, 6) is 0.409. The number of rotatable bonds is 3. The van der Waals surface area contributed by atoms with Crippen molar-refractivity contribution in [2.24, 2.45) is 0 Å². The van der Waals surface area contributed by atoms with Crippen molar-refractivity contribution in [1.82, 2.24) is 4.98 Å². The van der Waals surface area contributed by atoms with Crippen LogP contribution in [0.2, 0.25) is 0 Å². The molecule has 1 heterocycles. The molecule has 17 heavy (non-hydrogen) atoms. The van der Waals surface area contributed by atoms with E-state index in [4.69, 9.17) is 4.74 Å². The predicted octanol–water partition coefficient (Wildman–Crippen LogP) is 3.62. The lowest BCUT2D eigenvalue weighted by molar-refractivity contribution is 0.405. The Bertz CT molecular complexity index is 531. The van der Waals surface area contributed by atoms with E-state index in [-0.39, 0.29) is 5.82 Å². The molecular weight excluding hydrogens is 237 g/mol. The molecule has 4 heteroatoms. The van der Waals surface area contributed by atoms with Crippen LogP contribution in [-0.2, 0) is 0 Å². The van der Waals surface area contributed by atoms with Crippen LogP contribution in [0.4, 0.5) is 4.39 Å². The van der Waals surface area contributed by atoms with Gasteiger partial charge in [-0.15, -0.1) is 11.8 Å². The third-order valence-corrected chi connectivity index (χ3v) is 3.19. The number of nitrogens with zero attached hydrogens (tertiary/aromatic N) is 1. The molecule has 2 aromatic rings. The number of thioether (sulfide) groups is 1. The Morgan fingerprint density at radius 3 is 2.76 bits per heavy atom. The third kappa shape index (κ3) is 2.42. The Morgan fingerprint density at radius 1 is 1.29 bits per heavy atom. The highest BCUT2D eigenvalue weighted by Crippen LogP contribution is 2.32. The lowest BCUT2D eigenvalue weighted by Gasteiger charge is -2.08.